The summed E-state index contributed by atoms with van der Waals surface area (Å²) in [6, 6.07) is 8.55. The standard InChI is InChI=1S/C13H11ClN2O2/c1-2-16-13(18)10(8-17)7-12(15-16)9-3-5-11(14)6-4-9/h3-8H,2H2,1H3. The van der Waals surface area contributed by atoms with Crippen LogP contribution in [0.15, 0.2) is 35.1 Å². The van der Waals surface area contributed by atoms with Crippen molar-refractivity contribution in [2.45, 2.75) is 13.5 Å². The quantitative estimate of drug-likeness (QED) is 0.798. The van der Waals surface area contributed by atoms with Gasteiger partial charge in [-0.2, -0.15) is 5.10 Å². The van der Waals surface area contributed by atoms with Crippen LogP contribution in [-0.2, 0) is 6.54 Å². The predicted octanol–water partition coefficient (Wildman–Crippen LogP) is 2.40. The highest BCUT2D eigenvalue weighted by molar-refractivity contribution is 6.30. The number of nitrogens with zero attached hydrogens (tertiary/aromatic N) is 2. The molecule has 0 N–H and O–H groups in total. The summed E-state index contributed by atoms with van der Waals surface area (Å²) in [5.74, 6) is 0. The van der Waals surface area contributed by atoms with Gasteiger partial charge in [0, 0.05) is 17.1 Å². The molecule has 0 saturated carbocycles. The average molecular weight is 263 g/mol. The fourth-order valence-electron chi connectivity index (χ4n) is 1.62. The number of aldehydes is 1. The summed E-state index contributed by atoms with van der Waals surface area (Å²) in [6.45, 7) is 2.22. The van der Waals surface area contributed by atoms with Gasteiger partial charge in [-0.25, -0.2) is 4.68 Å². The maximum atomic E-state index is 11.7. The molecular formula is C13H11ClN2O2. The third kappa shape index (κ3) is 2.33. The van der Waals surface area contributed by atoms with E-state index in [0.717, 1.165) is 5.56 Å². The van der Waals surface area contributed by atoms with Crippen LogP contribution in [0.25, 0.3) is 11.3 Å². The molecule has 0 amide bonds. The molecule has 0 radical (unpaired) electrons. The number of benzene rings is 1. The van der Waals surface area contributed by atoms with E-state index in [1.807, 2.05) is 0 Å². The van der Waals surface area contributed by atoms with E-state index >= 15 is 0 Å². The van der Waals surface area contributed by atoms with Crippen molar-refractivity contribution in [1.29, 1.82) is 0 Å². The summed E-state index contributed by atoms with van der Waals surface area (Å²) in [7, 11) is 0. The van der Waals surface area contributed by atoms with Gasteiger partial charge in [0.05, 0.1) is 11.3 Å². The molecule has 0 unspecified atom stereocenters. The van der Waals surface area contributed by atoms with E-state index < -0.39 is 0 Å². The molecule has 0 saturated heterocycles. The summed E-state index contributed by atoms with van der Waals surface area (Å²) < 4.78 is 1.27. The Bertz CT molecular complexity index is 632. The van der Waals surface area contributed by atoms with Crippen LogP contribution in [0.3, 0.4) is 0 Å². The molecule has 0 atom stereocenters. The van der Waals surface area contributed by atoms with Crippen molar-refractivity contribution in [3.63, 3.8) is 0 Å². The van der Waals surface area contributed by atoms with E-state index in [9.17, 15) is 9.59 Å². The topological polar surface area (TPSA) is 52.0 Å². The second-order valence-electron chi connectivity index (χ2n) is 3.73. The zero-order valence-electron chi connectivity index (χ0n) is 9.76. The second-order valence-corrected chi connectivity index (χ2v) is 4.17. The molecule has 0 aliphatic rings. The molecule has 92 valence electrons. The Morgan fingerprint density at radius 3 is 2.56 bits per heavy atom. The second kappa shape index (κ2) is 5.14. The molecule has 0 bridgehead atoms. The summed E-state index contributed by atoms with van der Waals surface area (Å²) in [5.41, 5.74) is 1.13. The van der Waals surface area contributed by atoms with E-state index in [-0.39, 0.29) is 11.1 Å². The molecule has 1 aromatic carbocycles. The highest BCUT2D eigenvalue weighted by Gasteiger charge is 2.08. The lowest BCUT2D eigenvalue weighted by Crippen LogP contribution is -2.25. The first kappa shape index (κ1) is 12.5. The van der Waals surface area contributed by atoms with Gasteiger partial charge in [0.1, 0.15) is 0 Å². The van der Waals surface area contributed by atoms with Gasteiger partial charge < -0.3 is 0 Å². The SMILES string of the molecule is CCn1nc(-c2ccc(Cl)cc2)cc(C=O)c1=O. The average Bonchev–Trinajstić information content (AvgIpc) is 2.40. The summed E-state index contributed by atoms with van der Waals surface area (Å²) in [4.78, 5) is 22.6. The first-order valence-electron chi connectivity index (χ1n) is 5.49. The Morgan fingerprint density at radius 1 is 1.33 bits per heavy atom. The molecule has 0 spiro atoms. The number of aryl methyl sites for hydroxylation is 1. The minimum atomic E-state index is -0.370. The fourth-order valence-corrected chi connectivity index (χ4v) is 1.75. The van der Waals surface area contributed by atoms with E-state index in [4.69, 9.17) is 11.6 Å². The van der Waals surface area contributed by atoms with Crippen molar-refractivity contribution in [3.05, 3.63) is 51.3 Å². The molecule has 0 fully saturated rings. The number of carbonyl (C=O) groups is 1. The number of hydrogen-bond donors (Lipinski definition) is 0. The Labute approximate surface area is 109 Å². The highest BCUT2D eigenvalue weighted by Crippen LogP contribution is 2.19. The van der Waals surface area contributed by atoms with Crippen molar-refractivity contribution in [1.82, 2.24) is 9.78 Å². The molecule has 4 nitrogen and oxygen atoms in total. The summed E-state index contributed by atoms with van der Waals surface area (Å²) in [5, 5.41) is 4.82. The molecule has 1 heterocycles. The van der Waals surface area contributed by atoms with Gasteiger partial charge in [0.15, 0.2) is 6.29 Å². The van der Waals surface area contributed by atoms with Gasteiger partial charge in [-0.3, -0.25) is 9.59 Å². The Balaban J connectivity index is 2.61. The maximum absolute atomic E-state index is 11.7. The van der Waals surface area contributed by atoms with E-state index in [2.05, 4.69) is 5.10 Å². The number of aromatic nitrogens is 2. The van der Waals surface area contributed by atoms with Crippen LogP contribution >= 0.6 is 11.6 Å². The van der Waals surface area contributed by atoms with Crippen molar-refractivity contribution in [2.75, 3.05) is 0 Å². The first-order valence-corrected chi connectivity index (χ1v) is 5.86. The third-order valence-electron chi connectivity index (χ3n) is 2.57. The smallest absolute Gasteiger partial charge is 0.277 e. The fraction of sp³-hybridized carbons (Fsp3) is 0.154. The van der Waals surface area contributed by atoms with Gasteiger partial charge in [-0.1, -0.05) is 23.7 Å². The molecule has 18 heavy (non-hydrogen) atoms. The van der Waals surface area contributed by atoms with Crippen LogP contribution in [0.5, 0.6) is 0 Å². The van der Waals surface area contributed by atoms with Gasteiger partial charge >= 0.3 is 0 Å². The van der Waals surface area contributed by atoms with Crippen LogP contribution in [0.1, 0.15) is 17.3 Å². The Kier molecular flexibility index (Phi) is 3.58. The number of rotatable bonds is 3. The van der Waals surface area contributed by atoms with Crippen molar-refractivity contribution in [3.8, 4) is 11.3 Å². The maximum Gasteiger partial charge on any atom is 0.277 e. The predicted molar refractivity (Wildman–Crippen MR) is 70.0 cm³/mol. The monoisotopic (exact) mass is 262 g/mol. The van der Waals surface area contributed by atoms with Crippen LogP contribution in [0.4, 0.5) is 0 Å². The zero-order chi connectivity index (χ0) is 13.1. The van der Waals surface area contributed by atoms with Crippen molar-refractivity contribution in [2.24, 2.45) is 0 Å². The molecular weight excluding hydrogens is 252 g/mol. The van der Waals surface area contributed by atoms with Gasteiger partial charge in [-0.05, 0) is 25.1 Å². The molecule has 5 heteroatoms. The molecule has 2 aromatic rings. The van der Waals surface area contributed by atoms with Crippen LogP contribution < -0.4 is 5.56 Å². The third-order valence-corrected chi connectivity index (χ3v) is 2.82. The summed E-state index contributed by atoms with van der Waals surface area (Å²) >= 11 is 5.81. The molecule has 0 aliphatic heterocycles. The van der Waals surface area contributed by atoms with Crippen molar-refractivity contribution < 1.29 is 4.79 Å². The minimum absolute atomic E-state index is 0.108. The van der Waals surface area contributed by atoms with E-state index in [1.165, 1.54) is 10.7 Å². The largest absolute Gasteiger partial charge is 0.298 e. The normalized spacial score (nSPS) is 10.3. The minimum Gasteiger partial charge on any atom is -0.298 e. The van der Waals surface area contributed by atoms with Gasteiger partial charge in [-0.15, -0.1) is 0 Å². The zero-order valence-corrected chi connectivity index (χ0v) is 10.5. The number of halogens is 1. The van der Waals surface area contributed by atoms with Crippen LogP contribution in [-0.4, -0.2) is 16.1 Å². The Hall–Kier alpha value is -1.94. The highest BCUT2D eigenvalue weighted by atomic mass is 35.5. The molecule has 0 aliphatic carbocycles. The molecule has 1 aromatic heterocycles. The first-order chi connectivity index (χ1) is 8.65. The molecule has 2 rings (SSSR count). The van der Waals surface area contributed by atoms with Gasteiger partial charge in [0.25, 0.3) is 5.56 Å². The Morgan fingerprint density at radius 2 is 2.00 bits per heavy atom. The summed E-state index contributed by atoms with van der Waals surface area (Å²) in [6.07, 6.45) is 0.551. The van der Waals surface area contributed by atoms with Crippen LogP contribution in [0, 0.1) is 0 Å². The number of carbonyl (C=O) groups excluding carboxylic acids is 1. The van der Waals surface area contributed by atoms with Gasteiger partial charge in [0.2, 0.25) is 0 Å². The van der Waals surface area contributed by atoms with Crippen molar-refractivity contribution >= 4 is 17.9 Å². The number of hydrogen-bond acceptors (Lipinski definition) is 3. The van der Waals surface area contributed by atoms with Crippen LogP contribution in [0.2, 0.25) is 5.02 Å². The van der Waals surface area contributed by atoms with E-state index in [0.29, 0.717) is 23.5 Å². The lowest BCUT2D eigenvalue weighted by Gasteiger charge is -2.06. The lowest BCUT2D eigenvalue weighted by atomic mass is 10.1. The van der Waals surface area contributed by atoms with E-state index in [1.54, 1.807) is 31.2 Å². The lowest BCUT2D eigenvalue weighted by molar-refractivity contribution is 0.112.